The molecular formula is C18H24N4O3. The van der Waals surface area contributed by atoms with Gasteiger partial charge >= 0.3 is 0 Å². The molecule has 0 saturated carbocycles. The molecular weight excluding hydrogens is 320 g/mol. The van der Waals surface area contributed by atoms with Gasteiger partial charge in [0, 0.05) is 25.1 Å². The molecule has 0 radical (unpaired) electrons. The van der Waals surface area contributed by atoms with Crippen LogP contribution in [0.3, 0.4) is 0 Å². The third kappa shape index (κ3) is 4.17. The van der Waals surface area contributed by atoms with Gasteiger partial charge in [-0.1, -0.05) is 19.0 Å². The normalized spacial score (nSPS) is 14.6. The highest BCUT2D eigenvalue weighted by Crippen LogP contribution is 2.19. The number of nitrogens with one attached hydrogen (secondary N) is 1. The minimum Gasteiger partial charge on any atom is -0.378 e. The second-order valence-electron chi connectivity index (χ2n) is 5.96. The summed E-state index contributed by atoms with van der Waals surface area (Å²) in [6, 6.07) is 3.81. The number of amides is 1. The summed E-state index contributed by atoms with van der Waals surface area (Å²) < 4.78 is 10.7. The fourth-order valence-corrected chi connectivity index (χ4v) is 2.95. The number of carbonyl (C=O) groups is 1. The molecule has 134 valence electrons. The maximum atomic E-state index is 12.4. The molecule has 2 aromatic rings. The zero-order valence-corrected chi connectivity index (χ0v) is 14.7. The van der Waals surface area contributed by atoms with Crippen molar-refractivity contribution in [3.63, 3.8) is 0 Å². The largest absolute Gasteiger partial charge is 0.378 e. The van der Waals surface area contributed by atoms with E-state index in [4.69, 9.17) is 9.26 Å². The third-order valence-electron chi connectivity index (χ3n) is 4.34. The van der Waals surface area contributed by atoms with E-state index in [1.165, 1.54) is 0 Å². The lowest BCUT2D eigenvalue weighted by Gasteiger charge is -2.28. The Labute approximate surface area is 147 Å². The van der Waals surface area contributed by atoms with Crippen LogP contribution in [-0.2, 0) is 28.8 Å². The van der Waals surface area contributed by atoms with E-state index in [2.05, 4.69) is 20.4 Å². The van der Waals surface area contributed by atoms with Crippen LogP contribution in [0.4, 0.5) is 11.5 Å². The van der Waals surface area contributed by atoms with Gasteiger partial charge in [-0.2, -0.15) is 0 Å². The van der Waals surface area contributed by atoms with Crippen molar-refractivity contribution >= 4 is 17.4 Å². The Balaban J connectivity index is 1.62. The van der Waals surface area contributed by atoms with E-state index in [-0.39, 0.29) is 12.3 Å². The summed E-state index contributed by atoms with van der Waals surface area (Å²) in [7, 11) is 0. The minimum absolute atomic E-state index is 0.112. The lowest BCUT2D eigenvalue weighted by atomic mass is 10.1. The number of anilines is 2. The Morgan fingerprint density at radius 2 is 2.04 bits per heavy atom. The fraction of sp³-hybridized carbons (Fsp3) is 0.500. The van der Waals surface area contributed by atoms with Crippen molar-refractivity contribution in [2.75, 3.05) is 36.5 Å². The lowest BCUT2D eigenvalue weighted by Crippen LogP contribution is -2.36. The van der Waals surface area contributed by atoms with Crippen LogP contribution in [0.1, 0.15) is 30.9 Å². The van der Waals surface area contributed by atoms with Gasteiger partial charge in [0.15, 0.2) is 0 Å². The van der Waals surface area contributed by atoms with Crippen LogP contribution in [-0.4, -0.2) is 42.4 Å². The molecule has 25 heavy (non-hydrogen) atoms. The lowest BCUT2D eigenvalue weighted by molar-refractivity contribution is -0.115. The standard InChI is InChI=1S/C18H24N4O3/c1-3-15-14(16(4-2)25-21-15)11-18(23)20-17-6-5-13(12-19-17)22-7-9-24-10-8-22/h5-6,12H,3-4,7-11H2,1-2H3,(H,19,20,23). The molecule has 0 atom stereocenters. The maximum absolute atomic E-state index is 12.4. The van der Waals surface area contributed by atoms with E-state index in [9.17, 15) is 4.79 Å². The predicted octanol–water partition coefficient (Wildman–Crippen LogP) is 2.21. The highest BCUT2D eigenvalue weighted by Gasteiger charge is 2.17. The molecule has 0 aromatic carbocycles. The molecule has 1 aliphatic rings. The van der Waals surface area contributed by atoms with E-state index in [1.807, 2.05) is 26.0 Å². The molecule has 0 unspecified atom stereocenters. The van der Waals surface area contributed by atoms with Crippen LogP contribution in [0.15, 0.2) is 22.9 Å². The summed E-state index contributed by atoms with van der Waals surface area (Å²) in [6.45, 7) is 7.19. The van der Waals surface area contributed by atoms with Crippen molar-refractivity contribution in [1.29, 1.82) is 0 Å². The fourth-order valence-electron chi connectivity index (χ4n) is 2.95. The van der Waals surface area contributed by atoms with Gasteiger partial charge in [-0.3, -0.25) is 4.79 Å². The first-order valence-electron chi connectivity index (χ1n) is 8.76. The SMILES string of the molecule is CCc1noc(CC)c1CC(=O)Nc1ccc(N2CCOCC2)cn1. The highest BCUT2D eigenvalue weighted by atomic mass is 16.5. The summed E-state index contributed by atoms with van der Waals surface area (Å²) in [4.78, 5) is 18.9. The van der Waals surface area contributed by atoms with Crippen molar-refractivity contribution in [3.05, 3.63) is 35.3 Å². The van der Waals surface area contributed by atoms with E-state index < -0.39 is 0 Å². The minimum atomic E-state index is -0.112. The summed E-state index contributed by atoms with van der Waals surface area (Å²) in [5, 5.41) is 6.89. The van der Waals surface area contributed by atoms with Crippen molar-refractivity contribution in [2.24, 2.45) is 0 Å². The van der Waals surface area contributed by atoms with Gasteiger partial charge in [-0.15, -0.1) is 0 Å². The van der Waals surface area contributed by atoms with E-state index >= 15 is 0 Å². The van der Waals surface area contributed by atoms with Crippen molar-refractivity contribution < 1.29 is 14.1 Å². The van der Waals surface area contributed by atoms with E-state index in [1.54, 1.807) is 6.20 Å². The Morgan fingerprint density at radius 3 is 2.68 bits per heavy atom. The predicted molar refractivity (Wildman–Crippen MR) is 94.9 cm³/mol. The number of carbonyl (C=O) groups excluding carboxylic acids is 1. The molecule has 1 amide bonds. The molecule has 7 heteroatoms. The van der Waals surface area contributed by atoms with Crippen LogP contribution in [0, 0.1) is 0 Å². The Bertz CT molecular complexity index is 684. The first kappa shape index (κ1) is 17.4. The molecule has 7 nitrogen and oxygen atoms in total. The van der Waals surface area contributed by atoms with E-state index in [0.717, 1.165) is 61.8 Å². The van der Waals surface area contributed by atoms with Gasteiger partial charge in [0.05, 0.1) is 37.2 Å². The number of rotatable bonds is 6. The average Bonchev–Trinajstić information content (AvgIpc) is 3.04. The molecule has 3 heterocycles. The monoisotopic (exact) mass is 344 g/mol. The number of aryl methyl sites for hydroxylation is 2. The van der Waals surface area contributed by atoms with Crippen molar-refractivity contribution in [2.45, 2.75) is 33.1 Å². The van der Waals surface area contributed by atoms with Crippen LogP contribution in [0.2, 0.25) is 0 Å². The van der Waals surface area contributed by atoms with E-state index in [0.29, 0.717) is 5.82 Å². The Morgan fingerprint density at radius 1 is 1.24 bits per heavy atom. The second kappa shape index (κ2) is 8.11. The van der Waals surface area contributed by atoms with Crippen molar-refractivity contribution in [3.8, 4) is 0 Å². The topological polar surface area (TPSA) is 80.5 Å². The first-order chi connectivity index (χ1) is 12.2. The van der Waals surface area contributed by atoms with Gasteiger partial charge in [0.25, 0.3) is 0 Å². The van der Waals surface area contributed by atoms with Gasteiger partial charge in [0.2, 0.25) is 5.91 Å². The van der Waals surface area contributed by atoms with Gasteiger partial charge in [0.1, 0.15) is 11.6 Å². The van der Waals surface area contributed by atoms with Crippen LogP contribution < -0.4 is 10.2 Å². The van der Waals surface area contributed by atoms with Gasteiger partial charge in [-0.05, 0) is 18.6 Å². The number of hydrogen-bond donors (Lipinski definition) is 1. The van der Waals surface area contributed by atoms with Crippen LogP contribution in [0.5, 0.6) is 0 Å². The average molecular weight is 344 g/mol. The summed E-state index contributed by atoms with van der Waals surface area (Å²) in [5.41, 5.74) is 2.79. The number of nitrogens with zero attached hydrogens (tertiary/aromatic N) is 3. The number of morpholine rings is 1. The molecule has 2 aromatic heterocycles. The highest BCUT2D eigenvalue weighted by molar-refractivity contribution is 5.91. The molecule has 1 N–H and O–H groups in total. The number of pyridine rings is 1. The Kier molecular flexibility index (Phi) is 5.65. The zero-order valence-electron chi connectivity index (χ0n) is 14.7. The molecule has 1 aliphatic heterocycles. The molecule has 1 saturated heterocycles. The third-order valence-corrected chi connectivity index (χ3v) is 4.34. The van der Waals surface area contributed by atoms with Crippen molar-refractivity contribution in [1.82, 2.24) is 10.1 Å². The zero-order chi connectivity index (χ0) is 17.6. The number of hydrogen-bond acceptors (Lipinski definition) is 6. The smallest absolute Gasteiger partial charge is 0.230 e. The molecule has 1 fully saturated rings. The first-order valence-corrected chi connectivity index (χ1v) is 8.76. The van der Waals surface area contributed by atoms with Gasteiger partial charge in [-0.25, -0.2) is 4.98 Å². The van der Waals surface area contributed by atoms with Crippen LogP contribution in [0.25, 0.3) is 0 Å². The maximum Gasteiger partial charge on any atom is 0.230 e. The second-order valence-corrected chi connectivity index (χ2v) is 5.96. The molecule has 0 aliphatic carbocycles. The number of ether oxygens (including phenoxy) is 1. The summed E-state index contributed by atoms with van der Waals surface area (Å²) >= 11 is 0. The number of aromatic nitrogens is 2. The van der Waals surface area contributed by atoms with Crippen LogP contribution >= 0.6 is 0 Å². The Hall–Kier alpha value is -2.41. The molecule has 0 spiro atoms. The summed E-state index contributed by atoms with van der Waals surface area (Å²) in [6.07, 6.45) is 3.51. The molecule has 3 rings (SSSR count). The van der Waals surface area contributed by atoms with Gasteiger partial charge < -0.3 is 19.5 Å². The summed E-state index contributed by atoms with van der Waals surface area (Å²) in [5.74, 6) is 1.22. The molecule has 0 bridgehead atoms. The quantitative estimate of drug-likeness (QED) is 0.865.